The number of rotatable bonds is 5. The van der Waals surface area contributed by atoms with Gasteiger partial charge in [-0.3, -0.25) is 0 Å². The molecule has 2 N–H and O–H groups in total. The Bertz CT molecular complexity index is 535. The van der Waals surface area contributed by atoms with E-state index in [1.165, 1.54) is 12.1 Å². The number of nitrogens with one attached hydrogen (secondary N) is 2. The Balaban J connectivity index is 1.72. The van der Waals surface area contributed by atoms with Gasteiger partial charge in [-0.05, 0) is 25.1 Å². The molecule has 0 spiro atoms. The van der Waals surface area contributed by atoms with Crippen molar-refractivity contribution in [3.63, 3.8) is 0 Å². The number of hydrogen-bond donors (Lipinski definition) is 2. The Hall–Kier alpha value is -1.37. The third-order valence-electron chi connectivity index (χ3n) is 3.98. The molecule has 1 aliphatic rings. The maximum absolute atomic E-state index is 13.7. The summed E-state index contributed by atoms with van der Waals surface area (Å²) in [7, 11) is 2.13. The van der Waals surface area contributed by atoms with Gasteiger partial charge in [-0.15, -0.1) is 0 Å². The van der Waals surface area contributed by atoms with E-state index in [4.69, 9.17) is 11.6 Å². The van der Waals surface area contributed by atoms with Gasteiger partial charge in [0.25, 0.3) is 0 Å². The number of carbonyl (C=O) groups excluding carboxylic acids is 1. The zero-order valence-electron chi connectivity index (χ0n) is 13.6. The van der Waals surface area contributed by atoms with Gasteiger partial charge in [0.15, 0.2) is 5.82 Å². The van der Waals surface area contributed by atoms with E-state index in [0.29, 0.717) is 12.5 Å². The maximum atomic E-state index is 13.7. The average Bonchev–Trinajstić information content (AvgIpc) is 2.52. The largest absolute Gasteiger partial charge is 0.338 e. The molecule has 0 radical (unpaired) electrons. The molecule has 2 rings (SSSR count). The Morgan fingerprint density at radius 3 is 2.74 bits per heavy atom. The summed E-state index contributed by atoms with van der Waals surface area (Å²) in [5.41, 5.74) is 0.0849. The number of hydrogen-bond acceptors (Lipinski definition) is 3. The summed E-state index contributed by atoms with van der Waals surface area (Å²) in [5.74, 6) is -0.289. The van der Waals surface area contributed by atoms with Gasteiger partial charge >= 0.3 is 6.03 Å². The van der Waals surface area contributed by atoms with Crippen molar-refractivity contribution in [1.82, 2.24) is 15.1 Å². The molecular formula is C16H24ClFN4O. The lowest BCUT2D eigenvalue weighted by Gasteiger charge is -2.33. The fraction of sp³-hybridized carbons (Fsp3) is 0.562. The summed E-state index contributed by atoms with van der Waals surface area (Å²) in [6.07, 6.45) is 0. The zero-order chi connectivity index (χ0) is 16.8. The SMILES string of the molecule is CC(CNC(=O)Nc1cccc(Cl)c1F)CN1CCN(C)CC1. The van der Waals surface area contributed by atoms with E-state index in [1.807, 2.05) is 0 Å². The van der Waals surface area contributed by atoms with Crippen molar-refractivity contribution >= 4 is 23.3 Å². The van der Waals surface area contributed by atoms with Crippen LogP contribution in [-0.2, 0) is 0 Å². The van der Waals surface area contributed by atoms with Crippen molar-refractivity contribution in [1.29, 1.82) is 0 Å². The van der Waals surface area contributed by atoms with E-state index in [1.54, 1.807) is 6.07 Å². The number of anilines is 1. The molecule has 1 aliphatic heterocycles. The van der Waals surface area contributed by atoms with Crippen molar-refractivity contribution in [2.75, 3.05) is 51.6 Å². The van der Waals surface area contributed by atoms with Crippen LogP contribution in [-0.4, -0.2) is 62.1 Å². The lowest BCUT2D eigenvalue weighted by atomic mass is 10.1. The van der Waals surface area contributed by atoms with Crippen LogP contribution in [0, 0.1) is 11.7 Å². The molecule has 7 heteroatoms. The van der Waals surface area contributed by atoms with Crippen molar-refractivity contribution in [2.45, 2.75) is 6.92 Å². The molecule has 0 aliphatic carbocycles. The molecule has 1 aromatic carbocycles. The first kappa shape index (κ1) is 18.0. The lowest BCUT2D eigenvalue weighted by Crippen LogP contribution is -2.47. The highest BCUT2D eigenvalue weighted by molar-refractivity contribution is 6.31. The molecule has 0 bridgehead atoms. The number of amides is 2. The molecule has 2 amide bonds. The minimum atomic E-state index is -0.616. The molecule has 1 aromatic rings. The second-order valence-corrected chi connectivity index (χ2v) is 6.55. The van der Waals surface area contributed by atoms with Gasteiger partial charge in [-0.2, -0.15) is 0 Å². The molecule has 1 saturated heterocycles. The third kappa shape index (κ3) is 5.64. The number of piperazine rings is 1. The number of benzene rings is 1. The summed E-state index contributed by atoms with van der Waals surface area (Å²) in [4.78, 5) is 16.6. The van der Waals surface area contributed by atoms with Gasteiger partial charge in [0.05, 0.1) is 10.7 Å². The Morgan fingerprint density at radius 1 is 1.35 bits per heavy atom. The van der Waals surface area contributed by atoms with Crippen molar-refractivity contribution in [3.8, 4) is 0 Å². The Labute approximate surface area is 141 Å². The molecule has 128 valence electrons. The van der Waals surface area contributed by atoms with E-state index in [9.17, 15) is 9.18 Å². The molecule has 1 fully saturated rings. The minimum Gasteiger partial charge on any atom is -0.338 e. The smallest absolute Gasteiger partial charge is 0.319 e. The van der Waals surface area contributed by atoms with Crippen LogP contribution in [0.3, 0.4) is 0 Å². The van der Waals surface area contributed by atoms with E-state index in [0.717, 1.165) is 32.7 Å². The predicted octanol–water partition coefficient (Wildman–Crippen LogP) is 2.48. The quantitative estimate of drug-likeness (QED) is 0.864. The van der Waals surface area contributed by atoms with Crippen LogP contribution < -0.4 is 10.6 Å². The summed E-state index contributed by atoms with van der Waals surface area (Å²) >= 11 is 5.69. The molecule has 1 heterocycles. The lowest BCUT2D eigenvalue weighted by molar-refractivity contribution is 0.138. The van der Waals surface area contributed by atoms with Gasteiger partial charge in [0.2, 0.25) is 0 Å². The van der Waals surface area contributed by atoms with E-state index >= 15 is 0 Å². The molecule has 0 aromatic heterocycles. The van der Waals surface area contributed by atoms with Gasteiger partial charge in [-0.25, -0.2) is 9.18 Å². The highest BCUT2D eigenvalue weighted by Crippen LogP contribution is 2.21. The van der Waals surface area contributed by atoms with Crippen LogP contribution in [0.1, 0.15) is 6.92 Å². The normalized spacial score (nSPS) is 17.7. The average molecular weight is 343 g/mol. The van der Waals surface area contributed by atoms with Crippen LogP contribution in [0.2, 0.25) is 5.02 Å². The van der Waals surface area contributed by atoms with Crippen molar-refractivity contribution < 1.29 is 9.18 Å². The zero-order valence-corrected chi connectivity index (χ0v) is 14.4. The van der Waals surface area contributed by atoms with Crippen molar-refractivity contribution in [3.05, 3.63) is 29.0 Å². The molecule has 1 atom stereocenters. The summed E-state index contributed by atoms with van der Waals surface area (Å²) in [5, 5.41) is 5.26. The number of urea groups is 1. The molecular weight excluding hydrogens is 319 g/mol. The highest BCUT2D eigenvalue weighted by Gasteiger charge is 2.16. The first-order chi connectivity index (χ1) is 11.0. The van der Waals surface area contributed by atoms with Crippen LogP contribution in [0.4, 0.5) is 14.9 Å². The van der Waals surface area contributed by atoms with Gasteiger partial charge < -0.3 is 20.4 Å². The van der Waals surface area contributed by atoms with Crippen molar-refractivity contribution in [2.24, 2.45) is 5.92 Å². The molecule has 0 saturated carbocycles. The van der Waals surface area contributed by atoms with Gasteiger partial charge in [0.1, 0.15) is 0 Å². The van der Waals surface area contributed by atoms with Gasteiger partial charge in [0, 0.05) is 39.3 Å². The standard InChI is InChI=1S/C16H24ClFN4O/c1-12(11-22-8-6-21(2)7-9-22)10-19-16(23)20-14-5-3-4-13(17)15(14)18/h3-5,12H,6-11H2,1-2H3,(H2,19,20,23). The van der Waals surface area contributed by atoms with E-state index in [-0.39, 0.29) is 10.7 Å². The molecule has 5 nitrogen and oxygen atoms in total. The van der Waals surface area contributed by atoms with Crippen LogP contribution in [0.15, 0.2) is 18.2 Å². The third-order valence-corrected chi connectivity index (χ3v) is 4.27. The highest BCUT2D eigenvalue weighted by atomic mass is 35.5. The summed E-state index contributed by atoms with van der Waals surface area (Å²) in [6.45, 7) is 7.85. The first-order valence-corrected chi connectivity index (χ1v) is 8.23. The number of carbonyl (C=O) groups is 1. The molecule has 1 unspecified atom stereocenters. The van der Waals surface area contributed by atoms with Crippen LogP contribution >= 0.6 is 11.6 Å². The van der Waals surface area contributed by atoms with Crippen LogP contribution in [0.25, 0.3) is 0 Å². The second-order valence-electron chi connectivity index (χ2n) is 6.15. The fourth-order valence-corrected chi connectivity index (χ4v) is 2.74. The summed E-state index contributed by atoms with van der Waals surface area (Å²) < 4.78 is 13.7. The monoisotopic (exact) mass is 342 g/mol. The predicted molar refractivity (Wildman–Crippen MR) is 91.5 cm³/mol. The number of likely N-dealkylation sites (N-methyl/N-ethyl adjacent to an activating group) is 1. The number of nitrogens with zero attached hydrogens (tertiary/aromatic N) is 2. The van der Waals surface area contributed by atoms with Crippen LogP contribution in [0.5, 0.6) is 0 Å². The van der Waals surface area contributed by atoms with E-state index < -0.39 is 11.8 Å². The molecule has 23 heavy (non-hydrogen) atoms. The van der Waals surface area contributed by atoms with E-state index in [2.05, 4.69) is 34.4 Å². The maximum Gasteiger partial charge on any atom is 0.319 e. The fourth-order valence-electron chi connectivity index (χ4n) is 2.57. The Kier molecular flexibility index (Phi) is 6.62. The topological polar surface area (TPSA) is 47.6 Å². The first-order valence-electron chi connectivity index (χ1n) is 7.85. The second kappa shape index (κ2) is 8.47. The van der Waals surface area contributed by atoms with Gasteiger partial charge in [-0.1, -0.05) is 24.6 Å². The Morgan fingerprint density at radius 2 is 2.04 bits per heavy atom. The summed E-state index contributed by atoms with van der Waals surface area (Å²) in [6, 6.07) is 4.10. The minimum absolute atomic E-state index is 0.00812. The number of halogens is 2.